The van der Waals surface area contributed by atoms with E-state index in [1.54, 1.807) is 30.3 Å². The van der Waals surface area contributed by atoms with Crippen LogP contribution in [0.25, 0.3) is 0 Å². The van der Waals surface area contributed by atoms with E-state index in [1.165, 1.54) is 0 Å². The van der Waals surface area contributed by atoms with Crippen LogP contribution in [0.2, 0.25) is 0 Å². The molecule has 1 unspecified atom stereocenters. The molecule has 0 aromatic heterocycles. The van der Waals surface area contributed by atoms with Crippen LogP contribution >= 0.6 is 34.2 Å². The standard InChI is InChI=1S/C9H11ClINO2S/c10-6-8(7-11)12-15(13,14)9-4-2-1-3-5-9/h1-5,8,12H,6-7H2. The van der Waals surface area contributed by atoms with Crippen molar-refractivity contribution in [2.75, 3.05) is 10.3 Å². The molecule has 0 amide bonds. The Morgan fingerprint density at radius 2 is 1.93 bits per heavy atom. The minimum Gasteiger partial charge on any atom is -0.207 e. The third-order valence-corrected chi connectivity index (χ3v) is 4.72. The van der Waals surface area contributed by atoms with E-state index in [0.29, 0.717) is 4.43 Å². The highest BCUT2D eigenvalue weighted by Crippen LogP contribution is 2.09. The van der Waals surface area contributed by atoms with Crippen LogP contribution in [0.3, 0.4) is 0 Å². The molecule has 1 atom stereocenters. The van der Waals surface area contributed by atoms with Gasteiger partial charge in [0.15, 0.2) is 0 Å². The van der Waals surface area contributed by atoms with Crippen LogP contribution in [0.5, 0.6) is 0 Å². The van der Waals surface area contributed by atoms with Gasteiger partial charge in [-0.2, -0.15) is 0 Å². The van der Waals surface area contributed by atoms with Gasteiger partial charge in [0.25, 0.3) is 0 Å². The Morgan fingerprint density at radius 3 is 2.40 bits per heavy atom. The zero-order valence-corrected chi connectivity index (χ0v) is 11.6. The predicted molar refractivity (Wildman–Crippen MR) is 70.2 cm³/mol. The molecule has 0 saturated carbocycles. The van der Waals surface area contributed by atoms with Crippen LogP contribution in [0.15, 0.2) is 35.2 Å². The summed E-state index contributed by atoms with van der Waals surface area (Å²) in [4.78, 5) is 0.268. The van der Waals surface area contributed by atoms with Crippen LogP contribution in [-0.2, 0) is 10.0 Å². The van der Waals surface area contributed by atoms with Gasteiger partial charge in [0.2, 0.25) is 10.0 Å². The van der Waals surface area contributed by atoms with Gasteiger partial charge in [-0.25, -0.2) is 13.1 Å². The SMILES string of the molecule is O=S(=O)(NC(CCl)CI)c1ccccc1. The van der Waals surface area contributed by atoms with E-state index in [9.17, 15) is 8.42 Å². The molecule has 0 bridgehead atoms. The van der Waals surface area contributed by atoms with Crippen LogP contribution in [0.1, 0.15) is 0 Å². The Labute approximate surface area is 108 Å². The molecule has 0 saturated heterocycles. The summed E-state index contributed by atoms with van der Waals surface area (Å²) in [6.45, 7) is 0. The van der Waals surface area contributed by atoms with Crippen molar-refractivity contribution in [2.24, 2.45) is 0 Å². The van der Waals surface area contributed by atoms with Crippen molar-refractivity contribution < 1.29 is 8.42 Å². The van der Waals surface area contributed by atoms with Gasteiger partial charge in [-0.15, -0.1) is 11.6 Å². The Bertz CT molecular complexity index is 392. The molecule has 0 aliphatic rings. The fraction of sp³-hybridized carbons (Fsp3) is 0.333. The molecule has 1 N–H and O–H groups in total. The molecule has 1 rings (SSSR count). The zero-order valence-electron chi connectivity index (χ0n) is 7.86. The normalized spacial score (nSPS) is 13.7. The van der Waals surface area contributed by atoms with Gasteiger partial charge < -0.3 is 0 Å². The molecule has 0 aliphatic heterocycles. The summed E-state index contributed by atoms with van der Waals surface area (Å²) < 4.78 is 26.8. The van der Waals surface area contributed by atoms with Crippen molar-refractivity contribution in [2.45, 2.75) is 10.9 Å². The Morgan fingerprint density at radius 1 is 1.33 bits per heavy atom. The van der Waals surface area contributed by atoms with Gasteiger partial charge in [0, 0.05) is 16.3 Å². The van der Waals surface area contributed by atoms with Crippen LogP contribution < -0.4 is 4.72 Å². The maximum absolute atomic E-state index is 11.8. The first-order valence-electron chi connectivity index (χ1n) is 4.29. The van der Waals surface area contributed by atoms with Gasteiger partial charge in [-0.1, -0.05) is 40.8 Å². The monoisotopic (exact) mass is 359 g/mol. The highest BCUT2D eigenvalue weighted by Gasteiger charge is 2.17. The van der Waals surface area contributed by atoms with Crippen molar-refractivity contribution in [3.05, 3.63) is 30.3 Å². The second-order valence-corrected chi connectivity index (χ2v) is 5.84. The number of halogens is 2. The lowest BCUT2D eigenvalue weighted by Gasteiger charge is -2.13. The molecule has 1 aromatic carbocycles. The van der Waals surface area contributed by atoms with Crippen molar-refractivity contribution in [1.29, 1.82) is 0 Å². The second kappa shape index (κ2) is 6.03. The Kier molecular flexibility index (Phi) is 5.31. The third-order valence-electron chi connectivity index (χ3n) is 1.75. The number of hydrogen-bond acceptors (Lipinski definition) is 2. The number of sulfonamides is 1. The van der Waals surface area contributed by atoms with Crippen LogP contribution in [0.4, 0.5) is 0 Å². The molecule has 84 valence electrons. The van der Waals surface area contributed by atoms with Crippen LogP contribution in [0, 0.1) is 0 Å². The van der Waals surface area contributed by atoms with E-state index in [2.05, 4.69) is 27.3 Å². The molecule has 3 nitrogen and oxygen atoms in total. The average Bonchev–Trinajstić information content (AvgIpc) is 2.27. The minimum atomic E-state index is -3.42. The van der Waals surface area contributed by atoms with Crippen molar-refractivity contribution in [1.82, 2.24) is 4.72 Å². The molecule has 0 aliphatic carbocycles. The summed E-state index contributed by atoms with van der Waals surface area (Å²) in [6, 6.07) is 8.04. The summed E-state index contributed by atoms with van der Waals surface area (Å²) in [5.41, 5.74) is 0. The predicted octanol–water partition coefficient (Wildman–Crippen LogP) is 2.01. The summed E-state index contributed by atoms with van der Waals surface area (Å²) in [6.07, 6.45) is 0. The molecule has 0 radical (unpaired) electrons. The van der Waals surface area contributed by atoms with E-state index in [1.807, 2.05) is 0 Å². The van der Waals surface area contributed by atoms with Crippen LogP contribution in [-0.4, -0.2) is 24.8 Å². The number of rotatable bonds is 5. The number of benzene rings is 1. The van der Waals surface area contributed by atoms with Gasteiger partial charge >= 0.3 is 0 Å². The highest BCUT2D eigenvalue weighted by atomic mass is 127. The fourth-order valence-corrected chi connectivity index (χ4v) is 3.72. The Hall–Kier alpha value is 0.150. The maximum Gasteiger partial charge on any atom is 0.240 e. The molecule has 0 heterocycles. The summed E-state index contributed by atoms with van der Waals surface area (Å²) in [7, 11) is -3.42. The summed E-state index contributed by atoms with van der Waals surface area (Å²) >= 11 is 7.73. The van der Waals surface area contributed by atoms with Crippen molar-refractivity contribution in [3.63, 3.8) is 0 Å². The van der Waals surface area contributed by atoms with Gasteiger partial charge in [-0.05, 0) is 12.1 Å². The molecule has 0 fully saturated rings. The first-order chi connectivity index (χ1) is 7.10. The molecule has 1 aromatic rings. The van der Waals surface area contributed by atoms with Gasteiger partial charge in [-0.3, -0.25) is 0 Å². The number of hydrogen-bond donors (Lipinski definition) is 1. The first-order valence-corrected chi connectivity index (χ1v) is 7.84. The summed E-state index contributed by atoms with van der Waals surface area (Å²) in [5.74, 6) is 0.273. The fourth-order valence-electron chi connectivity index (χ4n) is 0.991. The molecular formula is C9H11ClINO2S. The molecule has 6 heteroatoms. The zero-order chi connectivity index (χ0) is 11.3. The molecule has 15 heavy (non-hydrogen) atoms. The smallest absolute Gasteiger partial charge is 0.207 e. The largest absolute Gasteiger partial charge is 0.240 e. The van der Waals surface area contributed by atoms with E-state index in [-0.39, 0.29) is 16.8 Å². The Balaban J connectivity index is 2.85. The van der Waals surface area contributed by atoms with E-state index in [4.69, 9.17) is 11.6 Å². The van der Waals surface area contributed by atoms with E-state index in [0.717, 1.165) is 0 Å². The van der Waals surface area contributed by atoms with Crippen molar-refractivity contribution >= 4 is 44.2 Å². The summed E-state index contributed by atoms with van der Waals surface area (Å²) in [5, 5.41) is 0. The lowest BCUT2D eigenvalue weighted by atomic mass is 10.4. The van der Waals surface area contributed by atoms with Gasteiger partial charge in [0.05, 0.1) is 4.90 Å². The first kappa shape index (κ1) is 13.2. The highest BCUT2D eigenvalue weighted by molar-refractivity contribution is 14.1. The molecular weight excluding hydrogens is 349 g/mol. The van der Waals surface area contributed by atoms with Crippen molar-refractivity contribution in [3.8, 4) is 0 Å². The average molecular weight is 360 g/mol. The number of alkyl halides is 2. The molecule has 0 spiro atoms. The lowest BCUT2D eigenvalue weighted by molar-refractivity contribution is 0.572. The third kappa shape index (κ3) is 3.90. The lowest BCUT2D eigenvalue weighted by Crippen LogP contribution is -2.37. The van der Waals surface area contributed by atoms with Gasteiger partial charge in [0.1, 0.15) is 0 Å². The number of nitrogens with one attached hydrogen (secondary N) is 1. The second-order valence-electron chi connectivity index (χ2n) is 2.94. The minimum absolute atomic E-state index is 0.225. The topological polar surface area (TPSA) is 46.2 Å². The quantitative estimate of drug-likeness (QED) is 0.646. The maximum atomic E-state index is 11.8. The van der Waals surface area contributed by atoms with E-state index < -0.39 is 10.0 Å². The van der Waals surface area contributed by atoms with E-state index >= 15 is 0 Å².